The number of hydrogen-bond donors (Lipinski definition) is 1. The van der Waals surface area contributed by atoms with Gasteiger partial charge in [-0.25, -0.2) is 4.39 Å². The zero-order chi connectivity index (χ0) is 14.0. The van der Waals surface area contributed by atoms with E-state index in [1.165, 1.54) is 12.1 Å². The Morgan fingerprint density at radius 2 is 2.00 bits per heavy atom. The quantitative estimate of drug-likeness (QED) is 0.892. The van der Waals surface area contributed by atoms with E-state index in [4.69, 9.17) is 0 Å². The van der Waals surface area contributed by atoms with E-state index in [2.05, 4.69) is 0 Å². The fourth-order valence-electron chi connectivity index (χ4n) is 2.43. The lowest BCUT2D eigenvalue weighted by molar-refractivity contribution is -0.127. The van der Waals surface area contributed by atoms with E-state index >= 15 is 0 Å². The van der Waals surface area contributed by atoms with Gasteiger partial charge >= 0.3 is 0 Å². The van der Waals surface area contributed by atoms with Gasteiger partial charge in [-0.15, -0.1) is 0 Å². The summed E-state index contributed by atoms with van der Waals surface area (Å²) in [5, 5.41) is 9.63. The van der Waals surface area contributed by atoms with Crippen molar-refractivity contribution in [1.82, 2.24) is 4.90 Å². The average Bonchev–Trinajstić information content (AvgIpc) is 2.30. The van der Waals surface area contributed by atoms with Crippen LogP contribution in [0.15, 0.2) is 24.3 Å². The van der Waals surface area contributed by atoms with Crippen LogP contribution in [0.3, 0.4) is 0 Å². The molecular weight excluding hydrogens is 247 g/mol. The molecule has 1 aliphatic rings. The summed E-state index contributed by atoms with van der Waals surface area (Å²) in [7, 11) is 0. The van der Waals surface area contributed by atoms with E-state index in [0.717, 1.165) is 0 Å². The summed E-state index contributed by atoms with van der Waals surface area (Å²) in [6.45, 7) is 5.48. The summed E-state index contributed by atoms with van der Waals surface area (Å²) in [5.74, 6) is -0.351. The van der Waals surface area contributed by atoms with Crippen molar-refractivity contribution in [2.24, 2.45) is 0 Å². The second kappa shape index (κ2) is 5.27. The van der Waals surface area contributed by atoms with Crippen molar-refractivity contribution in [2.75, 3.05) is 31.1 Å². The van der Waals surface area contributed by atoms with Crippen LogP contribution in [0.1, 0.15) is 13.8 Å². The van der Waals surface area contributed by atoms with E-state index in [1.807, 2.05) is 11.8 Å². The predicted octanol–water partition coefficient (Wildman–Crippen LogP) is 1.25. The summed E-state index contributed by atoms with van der Waals surface area (Å²) in [6.07, 6.45) is 0. The van der Waals surface area contributed by atoms with E-state index in [9.17, 15) is 14.3 Å². The molecule has 0 unspecified atom stereocenters. The van der Waals surface area contributed by atoms with Gasteiger partial charge in [0, 0.05) is 25.3 Å². The summed E-state index contributed by atoms with van der Waals surface area (Å²) in [6, 6.07) is 5.89. The second-order valence-electron chi connectivity index (χ2n) is 5.26. The molecule has 0 aliphatic carbocycles. The van der Waals surface area contributed by atoms with Crippen LogP contribution in [0.5, 0.6) is 0 Å². The van der Waals surface area contributed by atoms with Gasteiger partial charge in [0.2, 0.25) is 5.91 Å². The van der Waals surface area contributed by atoms with Crippen LogP contribution in [0.2, 0.25) is 0 Å². The van der Waals surface area contributed by atoms with Crippen molar-refractivity contribution in [3.63, 3.8) is 0 Å². The van der Waals surface area contributed by atoms with Gasteiger partial charge in [-0.3, -0.25) is 9.69 Å². The van der Waals surface area contributed by atoms with Crippen LogP contribution in [0, 0.1) is 5.82 Å². The molecule has 0 aromatic heterocycles. The molecule has 0 radical (unpaired) electrons. The molecule has 0 atom stereocenters. The van der Waals surface area contributed by atoms with Crippen molar-refractivity contribution in [3.05, 3.63) is 30.1 Å². The minimum atomic E-state index is -0.673. The molecule has 1 amide bonds. The van der Waals surface area contributed by atoms with Gasteiger partial charge in [-0.1, -0.05) is 0 Å². The third-order valence-electron chi connectivity index (χ3n) is 3.24. The first-order chi connectivity index (χ1) is 8.91. The van der Waals surface area contributed by atoms with Gasteiger partial charge in [0.25, 0.3) is 0 Å². The smallest absolute Gasteiger partial charge is 0.241 e. The van der Waals surface area contributed by atoms with Crippen LogP contribution in [-0.2, 0) is 4.79 Å². The SMILES string of the molecule is CCN(C(=O)CN1CC(C)(O)C1)c1ccc(F)cc1. The normalized spacial score (nSPS) is 17.9. The number of aliphatic hydroxyl groups is 1. The first kappa shape index (κ1) is 14.0. The fraction of sp³-hybridized carbons (Fsp3) is 0.500. The molecule has 1 aliphatic heterocycles. The zero-order valence-corrected chi connectivity index (χ0v) is 11.3. The molecule has 1 aromatic carbocycles. The Labute approximate surface area is 112 Å². The molecule has 1 N–H and O–H groups in total. The minimum absolute atomic E-state index is 0.0374. The Hall–Kier alpha value is -1.46. The van der Waals surface area contributed by atoms with Crippen molar-refractivity contribution in [2.45, 2.75) is 19.4 Å². The molecule has 4 nitrogen and oxygen atoms in total. The van der Waals surface area contributed by atoms with Crippen molar-refractivity contribution >= 4 is 11.6 Å². The van der Waals surface area contributed by atoms with Gasteiger partial charge in [-0.2, -0.15) is 0 Å². The second-order valence-corrected chi connectivity index (χ2v) is 5.26. The van der Waals surface area contributed by atoms with Crippen LogP contribution < -0.4 is 4.90 Å². The van der Waals surface area contributed by atoms with E-state index in [0.29, 0.717) is 25.3 Å². The minimum Gasteiger partial charge on any atom is -0.388 e. The Balaban J connectivity index is 1.98. The Morgan fingerprint density at radius 3 is 2.47 bits per heavy atom. The monoisotopic (exact) mass is 266 g/mol. The van der Waals surface area contributed by atoms with Crippen LogP contribution in [0.25, 0.3) is 0 Å². The highest BCUT2D eigenvalue weighted by atomic mass is 19.1. The number of amides is 1. The first-order valence-corrected chi connectivity index (χ1v) is 6.42. The van der Waals surface area contributed by atoms with Crippen LogP contribution >= 0.6 is 0 Å². The maximum atomic E-state index is 12.9. The highest BCUT2D eigenvalue weighted by Gasteiger charge is 2.37. The number of β-amino-alcohol motifs (C(OH)–C–C–N with tert-alkyl or cyclic N) is 1. The molecule has 0 saturated carbocycles. The molecule has 1 fully saturated rings. The highest BCUT2D eigenvalue weighted by molar-refractivity contribution is 5.94. The van der Waals surface area contributed by atoms with Gasteiger partial charge in [0.15, 0.2) is 0 Å². The number of carbonyl (C=O) groups is 1. The Bertz CT molecular complexity index is 451. The van der Waals surface area contributed by atoms with Gasteiger partial charge in [0.1, 0.15) is 5.82 Å². The van der Waals surface area contributed by atoms with Crippen LogP contribution in [-0.4, -0.2) is 47.7 Å². The van der Waals surface area contributed by atoms with Crippen molar-refractivity contribution in [3.8, 4) is 0 Å². The molecular formula is C14H19FN2O2. The number of benzene rings is 1. The third-order valence-corrected chi connectivity index (χ3v) is 3.24. The Kier molecular flexibility index (Phi) is 3.87. The summed E-state index contributed by atoms with van der Waals surface area (Å²) in [4.78, 5) is 15.7. The van der Waals surface area contributed by atoms with E-state index in [1.54, 1.807) is 24.0 Å². The van der Waals surface area contributed by atoms with Crippen molar-refractivity contribution < 1.29 is 14.3 Å². The molecule has 1 saturated heterocycles. The summed E-state index contributed by atoms with van der Waals surface area (Å²) in [5.41, 5.74) is 0.0221. The third kappa shape index (κ3) is 3.30. The molecule has 5 heteroatoms. The maximum absolute atomic E-state index is 12.9. The van der Waals surface area contributed by atoms with Gasteiger partial charge in [0.05, 0.1) is 12.1 Å². The fourth-order valence-corrected chi connectivity index (χ4v) is 2.43. The lowest BCUT2D eigenvalue weighted by atomic mass is 9.97. The highest BCUT2D eigenvalue weighted by Crippen LogP contribution is 2.21. The van der Waals surface area contributed by atoms with Gasteiger partial charge < -0.3 is 10.0 Å². The zero-order valence-electron chi connectivity index (χ0n) is 11.3. The molecule has 104 valence electrons. The number of rotatable bonds is 4. The average molecular weight is 266 g/mol. The number of carbonyl (C=O) groups excluding carboxylic acids is 1. The number of nitrogens with zero attached hydrogens (tertiary/aromatic N) is 2. The molecule has 19 heavy (non-hydrogen) atoms. The lowest BCUT2D eigenvalue weighted by Crippen LogP contribution is -2.61. The topological polar surface area (TPSA) is 43.8 Å². The molecule has 1 aromatic rings. The molecule has 1 heterocycles. The molecule has 0 bridgehead atoms. The molecule has 0 spiro atoms. The lowest BCUT2D eigenvalue weighted by Gasteiger charge is -2.44. The number of halogens is 1. The maximum Gasteiger partial charge on any atom is 0.241 e. The largest absolute Gasteiger partial charge is 0.388 e. The number of anilines is 1. The standard InChI is InChI=1S/C14H19FN2O2/c1-3-17(12-6-4-11(15)5-7-12)13(18)8-16-9-14(2,19)10-16/h4-7,19H,3,8-10H2,1-2H3. The number of hydrogen-bond acceptors (Lipinski definition) is 3. The molecule has 2 rings (SSSR count). The van der Waals surface area contributed by atoms with Gasteiger partial charge in [-0.05, 0) is 38.1 Å². The summed E-state index contributed by atoms with van der Waals surface area (Å²) >= 11 is 0. The number of likely N-dealkylation sites (N-methyl/N-ethyl adjacent to an activating group) is 1. The summed E-state index contributed by atoms with van der Waals surface area (Å²) < 4.78 is 12.9. The number of likely N-dealkylation sites (tertiary alicyclic amines) is 1. The first-order valence-electron chi connectivity index (χ1n) is 6.42. The Morgan fingerprint density at radius 1 is 1.42 bits per heavy atom. The van der Waals surface area contributed by atoms with Crippen LogP contribution in [0.4, 0.5) is 10.1 Å². The van der Waals surface area contributed by atoms with E-state index in [-0.39, 0.29) is 18.3 Å². The van der Waals surface area contributed by atoms with Crippen molar-refractivity contribution in [1.29, 1.82) is 0 Å². The predicted molar refractivity (Wildman–Crippen MR) is 71.5 cm³/mol. The van der Waals surface area contributed by atoms with E-state index < -0.39 is 5.60 Å².